The zero-order valence-electron chi connectivity index (χ0n) is 18.9. The summed E-state index contributed by atoms with van der Waals surface area (Å²) in [5.74, 6) is -1.07. The summed E-state index contributed by atoms with van der Waals surface area (Å²) >= 11 is 15.1. The highest BCUT2D eigenvalue weighted by atomic mass is 79.9. The molecule has 1 fully saturated rings. The number of nitrogens with zero attached hydrogens (tertiary/aromatic N) is 1. The van der Waals surface area contributed by atoms with E-state index >= 15 is 0 Å². The SMILES string of the molecule is CCOc1cc(/C=C2/C(=O)NC(=S)N(c3ccc(F)cc3)C2=O)cc(Cl)c1OCc1ccc(Br)cc1. The van der Waals surface area contributed by atoms with Crippen LogP contribution in [0.4, 0.5) is 10.1 Å². The van der Waals surface area contributed by atoms with Crippen LogP contribution in [0, 0.1) is 5.82 Å². The molecule has 3 aromatic carbocycles. The Balaban J connectivity index is 1.65. The summed E-state index contributed by atoms with van der Waals surface area (Å²) in [7, 11) is 0. The third-order valence-corrected chi connectivity index (χ3v) is 6.22. The molecule has 6 nitrogen and oxygen atoms in total. The van der Waals surface area contributed by atoms with Crippen molar-refractivity contribution >= 4 is 68.4 Å². The topological polar surface area (TPSA) is 67.9 Å². The third-order valence-electron chi connectivity index (χ3n) is 5.13. The zero-order chi connectivity index (χ0) is 25.8. The number of benzene rings is 3. The Kier molecular flexibility index (Phi) is 8.03. The minimum atomic E-state index is -0.659. The molecule has 1 heterocycles. The van der Waals surface area contributed by atoms with Crippen LogP contribution < -0.4 is 19.7 Å². The van der Waals surface area contributed by atoms with E-state index in [-0.39, 0.29) is 22.3 Å². The minimum absolute atomic E-state index is 0.0986. The van der Waals surface area contributed by atoms with Gasteiger partial charge >= 0.3 is 0 Å². The number of thiocarbonyl (C=S) groups is 1. The molecule has 4 rings (SSSR count). The van der Waals surface area contributed by atoms with E-state index in [1.807, 2.05) is 31.2 Å². The van der Waals surface area contributed by atoms with Gasteiger partial charge in [0.1, 0.15) is 18.0 Å². The molecule has 0 aliphatic carbocycles. The molecule has 2 amide bonds. The number of amides is 2. The monoisotopic (exact) mass is 588 g/mol. The highest BCUT2D eigenvalue weighted by Gasteiger charge is 2.34. The van der Waals surface area contributed by atoms with E-state index in [0.29, 0.717) is 29.4 Å². The molecule has 36 heavy (non-hydrogen) atoms. The molecule has 184 valence electrons. The van der Waals surface area contributed by atoms with Gasteiger partial charge in [-0.15, -0.1) is 0 Å². The second-order valence-corrected chi connectivity index (χ2v) is 9.32. The third kappa shape index (κ3) is 5.75. The molecule has 1 N–H and O–H groups in total. The molecule has 0 unspecified atom stereocenters. The first kappa shape index (κ1) is 25.8. The van der Waals surface area contributed by atoms with Gasteiger partial charge in [-0.2, -0.15) is 0 Å². The Bertz CT molecular complexity index is 1360. The largest absolute Gasteiger partial charge is 0.490 e. The summed E-state index contributed by atoms with van der Waals surface area (Å²) < 4.78 is 26.0. The Morgan fingerprint density at radius 1 is 1.08 bits per heavy atom. The van der Waals surface area contributed by atoms with Crippen LogP contribution in [-0.2, 0) is 16.2 Å². The van der Waals surface area contributed by atoms with Gasteiger partial charge in [-0.25, -0.2) is 4.39 Å². The second kappa shape index (κ2) is 11.2. The summed E-state index contributed by atoms with van der Waals surface area (Å²) in [6, 6.07) is 16.1. The van der Waals surface area contributed by atoms with Crippen LogP contribution in [0.15, 0.2) is 70.7 Å². The van der Waals surface area contributed by atoms with Crippen molar-refractivity contribution < 1.29 is 23.5 Å². The fourth-order valence-corrected chi connectivity index (χ4v) is 4.28. The molecule has 10 heteroatoms. The smallest absolute Gasteiger partial charge is 0.270 e. The summed E-state index contributed by atoms with van der Waals surface area (Å²) in [5, 5.41) is 2.65. The molecule has 1 aliphatic rings. The molecule has 1 saturated heterocycles. The first-order valence-corrected chi connectivity index (χ1v) is 12.4. The Hall–Kier alpha value is -3.27. The molecular weight excluding hydrogens is 571 g/mol. The fourth-order valence-electron chi connectivity index (χ4n) is 3.46. The molecule has 1 aliphatic heterocycles. The van der Waals surface area contributed by atoms with Crippen LogP contribution in [0.25, 0.3) is 6.08 Å². The maximum absolute atomic E-state index is 13.4. The van der Waals surface area contributed by atoms with E-state index in [0.717, 1.165) is 14.9 Å². The number of nitrogens with one attached hydrogen (secondary N) is 1. The quantitative estimate of drug-likeness (QED) is 0.206. The lowest BCUT2D eigenvalue weighted by Gasteiger charge is -2.29. The standard InChI is InChI=1S/C26H19BrClFN2O4S/c1-2-34-22-13-16(12-21(28)23(22)35-14-15-3-5-17(27)6-4-15)11-20-24(32)30-26(36)31(25(20)33)19-9-7-18(29)8-10-19/h3-13H,2,14H2,1H3,(H,30,32,36)/b20-11-. The lowest BCUT2D eigenvalue weighted by molar-refractivity contribution is -0.122. The van der Waals surface area contributed by atoms with Gasteiger partial charge in [0, 0.05) is 4.47 Å². The molecule has 0 bridgehead atoms. The molecule has 0 aromatic heterocycles. The normalized spacial score (nSPS) is 14.7. The zero-order valence-corrected chi connectivity index (χ0v) is 22.0. The van der Waals surface area contributed by atoms with Crippen LogP contribution in [0.5, 0.6) is 11.5 Å². The molecular formula is C26H19BrClFN2O4S. The Morgan fingerprint density at radius 3 is 2.44 bits per heavy atom. The highest BCUT2D eigenvalue weighted by molar-refractivity contribution is 9.10. The van der Waals surface area contributed by atoms with Gasteiger partial charge in [-0.1, -0.05) is 39.7 Å². The average Bonchev–Trinajstić information content (AvgIpc) is 2.83. The number of hydrogen-bond acceptors (Lipinski definition) is 5. The van der Waals surface area contributed by atoms with Crippen molar-refractivity contribution in [3.63, 3.8) is 0 Å². The molecule has 0 spiro atoms. The van der Waals surface area contributed by atoms with Gasteiger partial charge in [0.15, 0.2) is 16.6 Å². The number of halogens is 3. The van der Waals surface area contributed by atoms with Gasteiger partial charge in [0.05, 0.1) is 17.3 Å². The molecule has 3 aromatic rings. The number of carbonyl (C=O) groups excluding carboxylic acids is 2. The van der Waals surface area contributed by atoms with Crippen LogP contribution in [0.2, 0.25) is 5.02 Å². The van der Waals surface area contributed by atoms with Crippen LogP contribution in [0.3, 0.4) is 0 Å². The van der Waals surface area contributed by atoms with Gasteiger partial charge < -0.3 is 9.47 Å². The van der Waals surface area contributed by atoms with Crippen molar-refractivity contribution in [3.8, 4) is 11.5 Å². The maximum atomic E-state index is 13.4. The van der Waals surface area contributed by atoms with Crippen molar-refractivity contribution in [2.24, 2.45) is 0 Å². The van der Waals surface area contributed by atoms with Gasteiger partial charge in [0.25, 0.3) is 11.8 Å². The highest BCUT2D eigenvalue weighted by Crippen LogP contribution is 2.38. The van der Waals surface area contributed by atoms with E-state index in [4.69, 9.17) is 33.3 Å². The fraction of sp³-hybridized carbons (Fsp3) is 0.115. The number of carbonyl (C=O) groups is 2. The number of ether oxygens (including phenoxy) is 2. The summed E-state index contributed by atoms with van der Waals surface area (Å²) in [5.41, 5.74) is 1.53. The molecule has 0 saturated carbocycles. The first-order valence-electron chi connectivity index (χ1n) is 10.8. The summed E-state index contributed by atoms with van der Waals surface area (Å²) in [4.78, 5) is 27.0. The lowest BCUT2D eigenvalue weighted by atomic mass is 10.1. The maximum Gasteiger partial charge on any atom is 0.270 e. The van der Waals surface area contributed by atoms with E-state index in [9.17, 15) is 14.0 Å². The van der Waals surface area contributed by atoms with E-state index in [1.54, 1.807) is 12.1 Å². The summed E-state index contributed by atoms with van der Waals surface area (Å²) in [6.07, 6.45) is 1.39. The van der Waals surface area contributed by atoms with Crippen molar-refractivity contribution in [2.45, 2.75) is 13.5 Å². The van der Waals surface area contributed by atoms with Gasteiger partial charge in [-0.3, -0.25) is 19.8 Å². The van der Waals surface area contributed by atoms with Crippen LogP contribution in [0.1, 0.15) is 18.1 Å². The van der Waals surface area contributed by atoms with Crippen molar-refractivity contribution in [3.05, 3.63) is 92.7 Å². The minimum Gasteiger partial charge on any atom is -0.490 e. The molecule has 0 radical (unpaired) electrons. The van der Waals surface area contributed by atoms with Crippen molar-refractivity contribution in [1.29, 1.82) is 0 Å². The first-order chi connectivity index (χ1) is 17.3. The second-order valence-electron chi connectivity index (χ2n) is 7.61. The van der Waals surface area contributed by atoms with E-state index in [2.05, 4.69) is 21.2 Å². The number of anilines is 1. The molecule has 0 atom stereocenters. The van der Waals surface area contributed by atoms with Crippen LogP contribution >= 0.6 is 39.7 Å². The number of rotatable bonds is 7. The predicted molar refractivity (Wildman–Crippen MR) is 144 cm³/mol. The predicted octanol–water partition coefficient (Wildman–Crippen LogP) is 6.05. The van der Waals surface area contributed by atoms with Crippen molar-refractivity contribution in [2.75, 3.05) is 11.5 Å². The average molecular weight is 590 g/mol. The lowest BCUT2D eigenvalue weighted by Crippen LogP contribution is -2.54. The van der Waals surface area contributed by atoms with E-state index < -0.39 is 17.6 Å². The van der Waals surface area contributed by atoms with Gasteiger partial charge in [-0.05, 0) is 84.9 Å². The van der Waals surface area contributed by atoms with E-state index in [1.165, 1.54) is 30.3 Å². The Labute approximate surface area is 225 Å². The Morgan fingerprint density at radius 2 is 1.78 bits per heavy atom. The number of hydrogen-bond donors (Lipinski definition) is 1. The van der Waals surface area contributed by atoms with Crippen LogP contribution in [-0.4, -0.2) is 23.5 Å². The summed E-state index contributed by atoms with van der Waals surface area (Å²) in [6.45, 7) is 2.42. The van der Waals surface area contributed by atoms with Crippen molar-refractivity contribution in [1.82, 2.24) is 5.32 Å². The van der Waals surface area contributed by atoms with Gasteiger partial charge in [0.2, 0.25) is 0 Å².